The minimum Gasteiger partial charge on any atom is -0.315 e. The van der Waals surface area contributed by atoms with Crippen molar-refractivity contribution in [2.24, 2.45) is 0 Å². The number of nitrogens with one attached hydrogen (secondary N) is 2. The SMILES string of the molecule is CCc1ccccc1NS(=O)(=O)c1sc(=O)[nH]c1C. The molecule has 0 bridgehead atoms. The molecule has 19 heavy (non-hydrogen) atoms. The molecule has 2 rings (SSSR count). The molecule has 0 atom stereocenters. The third kappa shape index (κ3) is 2.87. The number of hydrogen-bond acceptors (Lipinski definition) is 4. The Kier molecular flexibility index (Phi) is 3.77. The van der Waals surface area contributed by atoms with Gasteiger partial charge in [0, 0.05) is 5.69 Å². The molecule has 0 aliphatic rings. The average molecular weight is 298 g/mol. The molecule has 0 radical (unpaired) electrons. The van der Waals surface area contributed by atoms with E-state index in [1.807, 2.05) is 19.1 Å². The molecule has 0 saturated heterocycles. The van der Waals surface area contributed by atoms with Gasteiger partial charge in [-0.3, -0.25) is 9.52 Å². The van der Waals surface area contributed by atoms with Crippen LogP contribution in [0.5, 0.6) is 0 Å². The van der Waals surface area contributed by atoms with Gasteiger partial charge in [0.1, 0.15) is 0 Å². The lowest BCUT2D eigenvalue weighted by molar-refractivity contribution is 0.602. The van der Waals surface area contributed by atoms with Crippen molar-refractivity contribution in [3.63, 3.8) is 0 Å². The van der Waals surface area contributed by atoms with Crippen LogP contribution in [0.15, 0.2) is 33.3 Å². The number of thiazole rings is 1. The van der Waals surface area contributed by atoms with E-state index in [9.17, 15) is 13.2 Å². The molecule has 2 N–H and O–H groups in total. The first-order chi connectivity index (χ1) is 8.94. The van der Waals surface area contributed by atoms with Gasteiger partial charge in [0.05, 0.1) is 5.69 Å². The molecule has 0 amide bonds. The summed E-state index contributed by atoms with van der Waals surface area (Å²) in [6.07, 6.45) is 0.723. The zero-order valence-corrected chi connectivity index (χ0v) is 12.2. The number of H-pyrrole nitrogens is 1. The molecule has 2 aromatic rings. The molecule has 0 fully saturated rings. The summed E-state index contributed by atoms with van der Waals surface area (Å²) in [5.74, 6) is 0. The zero-order chi connectivity index (χ0) is 14.0. The van der Waals surface area contributed by atoms with Crippen molar-refractivity contribution in [1.29, 1.82) is 0 Å². The summed E-state index contributed by atoms with van der Waals surface area (Å²) in [5, 5.41) is 0. The maximum Gasteiger partial charge on any atom is 0.306 e. The maximum atomic E-state index is 12.2. The number of aromatic nitrogens is 1. The molecule has 1 aromatic heterocycles. The highest BCUT2D eigenvalue weighted by Gasteiger charge is 2.21. The zero-order valence-electron chi connectivity index (χ0n) is 10.6. The second kappa shape index (κ2) is 5.18. The molecule has 102 valence electrons. The lowest BCUT2D eigenvalue weighted by Gasteiger charge is -2.10. The molecular formula is C12H14N2O3S2. The number of benzene rings is 1. The molecule has 0 aliphatic carbocycles. The normalized spacial score (nSPS) is 11.5. The monoisotopic (exact) mass is 298 g/mol. The lowest BCUT2D eigenvalue weighted by Crippen LogP contribution is -2.13. The van der Waals surface area contributed by atoms with E-state index in [-0.39, 0.29) is 9.08 Å². The number of aromatic amines is 1. The summed E-state index contributed by atoms with van der Waals surface area (Å²) >= 11 is 0.692. The molecule has 1 aromatic carbocycles. The number of para-hydroxylation sites is 1. The molecule has 0 spiro atoms. The maximum absolute atomic E-state index is 12.2. The number of hydrogen-bond donors (Lipinski definition) is 2. The Hall–Kier alpha value is -1.60. The predicted octanol–water partition coefficient (Wildman–Crippen LogP) is 2.11. The standard InChI is InChI=1S/C12H14N2O3S2/c1-3-9-6-4-5-7-10(9)14-19(16,17)11-8(2)13-12(15)18-11/h4-7,14H,3H2,1-2H3,(H,13,15). The quantitative estimate of drug-likeness (QED) is 0.907. The van der Waals surface area contributed by atoms with E-state index in [1.165, 1.54) is 0 Å². The fourth-order valence-electron chi connectivity index (χ4n) is 1.77. The van der Waals surface area contributed by atoms with E-state index in [2.05, 4.69) is 9.71 Å². The van der Waals surface area contributed by atoms with Gasteiger partial charge in [0.2, 0.25) is 0 Å². The van der Waals surface area contributed by atoms with Crippen LogP contribution in [0.25, 0.3) is 0 Å². The molecular weight excluding hydrogens is 284 g/mol. The first-order valence-corrected chi connectivity index (χ1v) is 8.04. The highest BCUT2D eigenvalue weighted by atomic mass is 32.2. The van der Waals surface area contributed by atoms with Gasteiger partial charge in [-0.1, -0.05) is 36.5 Å². The van der Waals surface area contributed by atoms with Gasteiger partial charge in [-0.15, -0.1) is 0 Å². The predicted molar refractivity (Wildman–Crippen MR) is 76.3 cm³/mol. The Bertz CT molecular complexity index is 744. The van der Waals surface area contributed by atoms with E-state index in [1.54, 1.807) is 19.1 Å². The Morgan fingerprint density at radius 2 is 2.00 bits per heavy atom. The van der Waals surface area contributed by atoms with Gasteiger partial charge >= 0.3 is 4.87 Å². The van der Waals surface area contributed by atoms with Crippen LogP contribution in [0.4, 0.5) is 5.69 Å². The summed E-state index contributed by atoms with van der Waals surface area (Å²) in [7, 11) is -3.72. The van der Waals surface area contributed by atoms with Crippen LogP contribution in [0, 0.1) is 6.92 Å². The van der Waals surface area contributed by atoms with Crippen molar-refractivity contribution in [2.45, 2.75) is 24.5 Å². The Labute approximate surface area is 115 Å². The van der Waals surface area contributed by atoms with Crippen molar-refractivity contribution in [1.82, 2.24) is 4.98 Å². The molecule has 0 unspecified atom stereocenters. The van der Waals surface area contributed by atoms with Crippen molar-refractivity contribution in [2.75, 3.05) is 4.72 Å². The first-order valence-electron chi connectivity index (χ1n) is 5.74. The average Bonchev–Trinajstić information content (AvgIpc) is 2.69. The fraction of sp³-hybridized carbons (Fsp3) is 0.250. The van der Waals surface area contributed by atoms with Crippen LogP contribution in [0.2, 0.25) is 0 Å². The number of sulfonamides is 1. The fourth-order valence-corrected chi connectivity index (χ4v) is 4.17. The Morgan fingerprint density at radius 3 is 2.58 bits per heavy atom. The van der Waals surface area contributed by atoms with E-state index in [4.69, 9.17) is 0 Å². The summed E-state index contributed by atoms with van der Waals surface area (Å²) in [6, 6.07) is 7.20. The van der Waals surface area contributed by atoms with Gasteiger partial charge in [0.25, 0.3) is 10.0 Å². The van der Waals surface area contributed by atoms with E-state index in [0.29, 0.717) is 22.7 Å². The van der Waals surface area contributed by atoms with Gasteiger partial charge in [0.15, 0.2) is 4.21 Å². The smallest absolute Gasteiger partial charge is 0.306 e. The van der Waals surface area contributed by atoms with E-state index < -0.39 is 10.0 Å². The third-order valence-electron chi connectivity index (χ3n) is 2.67. The molecule has 7 heteroatoms. The minimum atomic E-state index is -3.72. The number of anilines is 1. The highest BCUT2D eigenvalue weighted by Crippen LogP contribution is 2.23. The van der Waals surface area contributed by atoms with Gasteiger partial charge in [-0.2, -0.15) is 0 Å². The molecule has 0 aliphatic heterocycles. The van der Waals surface area contributed by atoms with Crippen molar-refractivity contribution >= 4 is 27.0 Å². The van der Waals surface area contributed by atoms with E-state index in [0.717, 1.165) is 12.0 Å². The second-order valence-corrected chi connectivity index (χ2v) is 6.90. The first kappa shape index (κ1) is 13.8. The second-order valence-electron chi connectivity index (χ2n) is 4.04. The topological polar surface area (TPSA) is 79.0 Å². The number of aryl methyl sites for hydroxylation is 2. The van der Waals surface area contributed by atoms with Gasteiger partial charge in [-0.05, 0) is 25.0 Å². The van der Waals surface area contributed by atoms with Crippen LogP contribution in [0.3, 0.4) is 0 Å². The largest absolute Gasteiger partial charge is 0.315 e. The summed E-state index contributed by atoms with van der Waals surface area (Å²) in [5.41, 5.74) is 1.81. The molecule has 5 nitrogen and oxygen atoms in total. The van der Waals surface area contributed by atoms with Crippen LogP contribution in [0.1, 0.15) is 18.2 Å². The molecule has 1 heterocycles. The van der Waals surface area contributed by atoms with Crippen molar-refractivity contribution in [3.8, 4) is 0 Å². The highest BCUT2D eigenvalue weighted by molar-refractivity contribution is 7.94. The van der Waals surface area contributed by atoms with Crippen molar-refractivity contribution in [3.05, 3.63) is 45.2 Å². The van der Waals surface area contributed by atoms with Crippen LogP contribution in [-0.4, -0.2) is 13.4 Å². The summed E-state index contributed by atoms with van der Waals surface area (Å²) in [4.78, 5) is 13.3. The molecule has 0 saturated carbocycles. The van der Waals surface area contributed by atoms with Crippen LogP contribution >= 0.6 is 11.3 Å². The van der Waals surface area contributed by atoms with Gasteiger partial charge < -0.3 is 4.98 Å². The Morgan fingerprint density at radius 1 is 1.32 bits per heavy atom. The number of rotatable bonds is 4. The van der Waals surface area contributed by atoms with Crippen LogP contribution < -0.4 is 9.60 Å². The summed E-state index contributed by atoms with van der Waals surface area (Å²) in [6.45, 7) is 3.52. The van der Waals surface area contributed by atoms with Gasteiger partial charge in [-0.25, -0.2) is 8.42 Å². The third-order valence-corrected chi connectivity index (χ3v) is 5.64. The Balaban J connectivity index is 2.42. The lowest BCUT2D eigenvalue weighted by atomic mass is 10.1. The van der Waals surface area contributed by atoms with Crippen molar-refractivity contribution < 1.29 is 8.42 Å². The summed E-state index contributed by atoms with van der Waals surface area (Å²) < 4.78 is 27.1. The van der Waals surface area contributed by atoms with Crippen LogP contribution in [-0.2, 0) is 16.4 Å². The minimum absolute atomic E-state index is 0.0309. The van der Waals surface area contributed by atoms with E-state index >= 15 is 0 Å².